The highest BCUT2D eigenvalue weighted by atomic mass is 16.2. The maximum atomic E-state index is 13.0. The van der Waals surface area contributed by atoms with Crippen LogP contribution < -0.4 is 10.6 Å². The zero-order valence-corrected chi connectivity index (χ0v) is 16.1. The number of aromatic nitrogens is 2. The van der Waals surface area contributed by atoms with Gasteiger partial charge in [0.1, 0.15) is 17.9 Å². The van der Waals surface area contributed by atoms with Gasteiger partial charge in [0.25, 0.3) is 5.91 Å². The third-order valence-electron chi connectivity index (χ3n) is 6.00. The van der Waals surface area contributed by atoms with E-state index in [1.54, 1.807) is 0 Å². The first kappa shape index (κ1) is 18.5. The maximum Gasteiger partial charge on any atom is 0.325 e. The summed E-state index contributed by atoms with van der Waals surface area (Å²) in [6, 6.07) is 6.76. The number of amides is 4. The number of carbonyl (C=O) groups excluding carboxylic acids is 3. The summed E-state index contributed by atoms with van der Waals surface area (Å²) in [4.78, 5) is 46.6. The van der Waals surface area contributed by atoms with Gasteiger partial charge in [0.05, 0.1) is 17.1 Å². The summed E-state index contributed by atoms with van der Waals surface area (Å²) in [5.41, 5.74) is 0.863. The van der Waals surface area contributed by atoms with Crippen LogP contribution in [0.1, 0.15) is 51.4 Å². The molecule has 1 aliphatic carbocycles. The minimum absolute atomic E-state index is 0.0697. The average Bonchev–Trinajstić information content (AvgIpc) is 3.20. The van der Waals surface area contributed by atoms with Crippen LogP contribution in [0.5, 0.6) is 0 Å². The molecule has 8 heteroatoms. The standard InChI is InChI=1S/C20H25N5O3/c1-12-7-5-6-10-20(12)18(27)25(19(28)24-20)11-16(26)21-13(2)17-22-14-8-3-4-9-15(14)23-17/h3-4,8-9,12-13H,5-7,10-11H2,1-2H3,(H,21,26)(H,22,23)(H,24,28)/t12?,13-,20?/m0/s1. The molecule has 4 amide bonds. The number of para-hydroxylation sites is 2. The van der Waals surface area contributed by atoms with Crippen molar-refractivity contribution in [2.75, 3.05) is 6.54 Å². The number of nitrogens with zero attached hydrogens (tertiary/aromatic N) is 2. The van der Waals surface area contributed by atoms with E-state index in [0.29, 0.717) is 12.2 Å². The lowest BCUT2D eigenvalue weighted by molar-refractivity contribution is -0.137. The van der Waals surface area contributed by atoms with Crippen LogP contribution in [-0.2, 0) is 9.59 Å². The van der Waals surface area contributed by atoms with Gasteiger partial charge in [0.15, 0.2) is 0 Å². The van der Waals surface area contributed by atoms with Crippen molar-refractivity contribution >= 4 is 28.9 Å². The summed E-state index contributed by atoms with van der Waals surface area (Å²) in [5.74, 6) is 0.0255. The van der Waals surface area contributed by atoms with Gasteiger partial charge >= 0.3 is 6.03 Å². The van der Waals surface area contributed by atoms with E-state index in [0.717, 1.165) is 35.2 Å². The molecule has 1 aromatic carbocycles. The van der Waals surface area contributed by atoms with E-state index in [4.69, 9.17) is 0 Å². The molecule has 2 unspecified atom stereocenters. The Bertz CT molecular complexity index is 906. The molecule has 28 heavy (non-hydrogen) atoms. The Balaban J connectivity index is 1.43. The Labute approximate surface area is 163 Å². The Morgan fingerprint density at radius 2 is 2.14 bits per heavy atom. The van der Waals surface area contributed by atoms with Crippen LogP contribution in [0.2, 0.25) is 0 Å². The second-order valence-electron chi connectivity index (χ2n) is 7.87. The first-order chi connectivity index (χ1) is 13.4. The Kier molecular flexibility index (Phi) is 4.56. The first-order valence-corrected chi connectivity index (χ1v) is 9.79. The molecule has 1 aliphatic heterocycles. The van der Waals surface area contributed by atoms with E-state index in [2.05, 4.69) is 20.6 Å². The summed E-state index contributed by atoms with van der Waals surface area (Å²) in [5, 5.41) is 5.69. The Hall–Kier alpha value is -2.90. The fourth-order valence-corrected chi connectivity index (χ4v) is 4.32. The van der Waals surface area contributed by atoms with Crippen molar-refractivity contribution < 1.29 is 14.4 Å². The summed E-state index contributed by atoms with van der Waals surface area (Å²) in [7, 11) is 0. The number of hydrogen-bond acceptors (Lipinski definition) is 4. The lowest BCUT2D eigenvalue weighted by atomic mass is 9.73. The largest absolute Gasteiger partial charge is 0.345 e. The third-order valence-corrected chi connectivity index (χ3v) is 6.00. The van der Waals surface area contributed by atoms with Gasteiger partial charge in [-0.3, -0.25) is 14.5 Å². The summed E-state index contributed by atoms with van der Waals surface area (Å²) in [6.45, 7) is 3.51. The molecule has 1 saturated heterocycles. The van der Waals surface area contributed by atoms with Crippen LogP contribution >= 0.6 is 0 Å². The van der Waals surface area contributed by atoms with E-state index >= 15 is 0 Å². The number of H-pyrrole nitrogens is 1. The van der Waals surface area contributed by atoms with Crippen LogP contribution in [0, 0.1) is 5.92 Å². The van der Waals surface area contributed by atoms with E-state index in [9.17, 15) is 14.4 Å². The van der Waals surface area contributed by atoms with Gasteiger partial charge in [0.2, 0.25) is 5.91 Å². The number of nitrogens with one attached hydrogen (secondary N) is 3. The highest BCUT2D eigenvalue weighted by Gasteiger charge is 2.55. The van der Waals surface area contributed by atoms with Crippen molar-refractivity contribution in [2.45, 2.75) is 51.1 Å². The van der Waals surface area contributed by atoms with Gasteiger partial charge in [-0.05, 0) is 37.8 Å². The maximum absolute atomic E-state index is 13.0. The molecule has 2 heterocycles. The second kappa shape index (κ2) is 6.92. The van der Waals surface area contributed by atoms with E-state index in [-0.39, 0.29) is 24.4 Å². The van der Waals surface area contributed by atoms with E-state index in [1.807, 2.05) is 38.1 Å². The number of fused-ring (bicyclic) bond motifs is 1. The number of imidazole rings is 1. The van der Waals surface area contributed by atoms with Crippen LogP contribution in [0.4, 0.5) is 4.79 Å². The third kappa shape index (κ3) is 3.02. The lowest BCUT2D eigenvalue weighted by Crippen LogP contribution is -2.54. The first-order valence-electron chi connectivity index (χ1n) is 9.79. The van der Waals surface area contributed by atoms with Gasteiger partial charge < -0.3 is 15.6 Å². The number of benzene rings is 1. The van der Waals surface area contributed by atoms with Gasteiger partial charge in [-0.25, -0.2) is 9.78 Å². The predicted octanol–water partition coefficient (Wildman–Crippen LogP) is 2.24. The van der Waals surface area contributed by atoms with Crippen molar-refractivity contribution in [3.05, 3.63) is 30.1 Å². The molecule has 0 radical (unpaired) electrons. The summed E-state index contributed by atoms with van der Waals surface area (Å²) in [6.07, 6.45) is 3.49. The van der Waals surface area contributed by atoms with Crippen LogP contribution in [-0.4, -0.2) is 44.8 Å². The van der Waals surface area contributed by atoms with Crippen LogP contribution in [0.25, 0.3) is 11.0 Å². The number of hydrogen-bond donors (Lipinski definition) is 3. The van der Waals surface area contributed by atoms with Crippen molar-refractivity contribution in [3.8, 4) is 0 Å². The molecule has 3 N–H and O–H groups in total. The average molecular weight is 383 g/mol. The predicted molar refractivity (Wildman–Crippen MR) is 103 cm³/mol. The second-order valence-corrected chi connectivity index (χ2v) is 7.87. The molecule has 1 saturated carbocycles. The number of urea groups is 1. The fourth-order valence-electron chi connectivity index (χ4n) is 4.32. The quantitative estimate of drug-likeness (QED) is 0.704. The molecule has 1 aromatic heterocycles. The SMILES string of the molecule is CC1CCCCC12NC(=O)N(CC(=O)N[C@@H](C)c1nc3ccccc3[nH]1)C2=O. The Morgan fingerprint density at radius 1 is 1.36 bits per heavy atom. The van der Waals surface area contributed by atoms with Crippen LogP contribution in [0.3, 0.4) is 0 Å². The number of carbonyl (C=O) groups is 3. The van der Waals surface area contributed by atoms with Gasteiger partial charge in [-0.15, -0.1) is 0 Å². The molecule has 2 aromatic rings. The number of imide groups is 1. The highest BCUT2D eigenvalue weighted by molar-refractivity contribution is 6.09. The molecular formula is C20H25N5O3. The fraction of sp³-hybridized carbons (Fsp3) is 0.500. The van der Waals surface area contributed by atoms with E-state index < -0.39 is 17.5 Å². The molecule has 8 nitrogen and oxygen atoms in total. The summed E-state index contributed by atoms with van der Waals surface area (Å²) < 4.78 is 0. The molecule has 148 valence electrons. The van der Waals surface area contributed by atoms with Crippen molar-refractivity contribution in [1.82, 2.24) is 25.5 Å². The molecule has 1 spiro atoms. The van der Waals surface area contributed by atoms with Crippen molar-refractivity contribution in [3.63, 3.8) is 0 Å². The monoisotopic (exact) mass is 383 g/mol. The molecule has 2 aliphatic rings. The van der Waals surface area contributed by atoms with Crippen molar-refractivity contribution in [1.29, 1.82) is 0 Å². The smallest absolute Gasteiger partial charge is 0.325 e. The van der Waals surface area contributed by atoms with Crippen LogP contribution in [0.15, 0.2) is 24.3 Å². The normalized spacial score (nSPS) is 25.9. The minimum atomic E-state index is -0.847. The zero-order valence-electron chi connectivity index (χ0n) is 16.1. The van der Waals surface area contributed by atoms with Gasteiger partial charge in [-0.1, -0.05) is 31.9 Å². The van der Waals surface area contributed by atoms with Gasteiger partial charge in [-0.2, -0.15) is 0 Å². The summed E-state index contributed by atoms with van der Waals surface area (Å²) >= 11 is 0. The number of rotatable bonds is 4. The molecule has 3 atom stereocenters. The topological polar surface area (TPSA) is 107 Å². The van der Waals surface area contributed by atoms with Crippen molar-refractivity contribution in [2.24, 2.45) is 5.92 Å². The molecular weight excluding hydrogens is 358 g/mol. The highest BCUT2D eigenvalue weighted by Crippen LogP contribution is 2.38. The number of aromatic amines is 1. The zero-order chi connectivity index (χ0) is 19.9. The van der Waals surface area contributed by atoms with Gasteiger partial charge in [0, 0.05) is 0 Å². The molecule has 2 fully saturated rings. The molecule has 0 bridgehead atoms. The molecule has 4 rings (SSSR count). The lowest BCUT2D eigenvalue weighted by Gasteiger charge is -2.36. The Morgan fingerprint density at radius 3 is 2.89 bits per heavy atom. The minimum Gasteiger partial charge on any atom is -0.345 e. The van der Waals surface area contributed by atoms with E-state index in [1.165, 1.54) is 0 Å².